The van der Waals surface area contributed by atoms with Crippen LogP contribution in [0.4, 0.5) is 13.2 Å². The highest BCUT2D eigenvalue weighted by atomic mass is 32.1. The fourth-order valence-corrected chi connectivity index (χ4v) is 5.98. The molecule has 47 heavy (non-hydrogen) atoms. The van der Waals surface area contributed by atoms with Gasteiger partial charge in [0.15, 0.2) is 22.9 Å². The molecule has 0 spiro atoms. The minimum absolute atomic E-state index is 0.0873. The van der Waals surface area contributed by atoms with Crippen LogP contribution in [0.1, 0.15) is 43.7 Å². The summed E-state index contributed by atoms with van der Waals surface area (Å²) >= 11 is 1.05. The lowest BCUT2D eigenvalue weighted by molar-refractivity contribution is -0.143. The van der Waals surface area contributed by atoms with Gasteiger partial charge in [-0.05, 0) is 62.7 Å². The lowest BCUT2D eigenvalue weighted by atomic mass is 9.95. The Morgan fingerprint density at radius 3 is 2.53 bits per heavy atom. The van der Waals surface area contributed by atoms with Gasteiger partial charge in [-0.25, -0.2) is 14.6 Å². The Bertz CT molecular complexity index is 2040. The molecule has 0 radical (unpaired) electrons. The molecule has 0 saturated heterocycles. The molecule has 0 unspecified atom stereocenters. The van der Waals surface area contributed by atoms with Gasteiger partial charge in [0.1, 0.15) is 11.5 Å². The number of hydrogen-bond acceptors (Lipinski definition) is 10. The Labute approximate surface area is 270 Å². The van der Waals surface area contributed by atoms with Gasteiger partial charge < -0.3 is 23.4 Å². The van der Waals surface area contributed by atoms with Crippen molar-refractivity contribution in [2.24, 2.45) is 4.99 Å². The van der Waals surface area contributed by atoms with Crippen LogP contribution in [0.2, 0.25) is 0 Å². The fourth-order valence-electron chi connectivity index (χ4n) is 4.95. The summed E-state index contributed by atoms with van der Waals surface area (Å²) in [5.41, 5.74) is -0.122. The van der Waals surface area contributed by atoms with Gasteiger partial charge in [0.05, 0.1) is 47.7 Å². The van der Waals surface area contributed by atoms with Crippen molar-refractivity contribution in [2.45, 2.75) is 33.0 Å². The summed E-state index contributed by atoms with van der Waals surface area (Å²) in [5.74, 6) is -0.315. The topological polar surface area (TPSA) is 119 Å². The number of nitrogens with zero attached hydrogens (tertiary/aromatic N) is 2. The van der Waals surface area contributed by atoms with E-state index >= 15 is 0 Å². The minimum Gasteiger partial charge on any atom is -0.490 e. The first-order valence-corrected chi connectivity index (χ1v) is 15.2. The van der Waals surface area contributed by atoms with Crippen molar-refractivity contribution in [3.63, 3.8) is 0 Å². The van der Waals surface area contributed by atoms with Gasteiger partial charge in [-0.15, -0.1) is 0 Å². The summed E-state index contributed by atoms with van der Waals surface area (Å²) in [6.07, 6.45) is -3.05. The highest BCUT2D eigenvalue weighted by Gasteiger charge is 2.34. The molecule has 14 heteroatoms. The average molecular weight is 671 g/mol. The second-order valence-electron chi connectivity index (χ2n) is 10.1. The molecule has 0 saturated carbocycles. The monoisotopic (exact) mass is 670 g/mol. The van der Waals surface area contributed by atoms with Crippen LogP contribution >= 0.6 is 11.3 Å². The van der Waals surface area contributed by atoms with E-state index in [0.29, 0.717) is 16.1 Å². The Balaban J connectivity index is 1.60. The second kappa shape index (κ2) is 13.7. The lowest BCUT2D eigenvalue weighted by Crippen LogP contribution is -2.40. The molecule has 0 fully saturated rings. The predicted molar refractivity (Wildman–Crippen MR) is 165 cm³/mol. The molecule has 3 heterocycles. The van der Waals surface area contributed by atoms with E-state index in [0.717, 1.165) is 23.5 Å². The van der Waals surface area contributed by atoms with Crippen LogP contribution in [-0.2, 0) is 25.2 Å². The molecule has 0 aliphatic carbocycles. The number of alkyl halides is 3. The average Bonchev–Trinajstić information content (AvgIpc) is 3.63. The fraction of sp³-hybridized carbons (Fsp3) is 0.273. The van der Waals surface area contributed by atoms with Crippen molar-refractivity contribution in [1.29, 1.82) is 0 Å². The smallest absolute Gasteiger partial charge is 0.416 e. The minimum atomic E-state index is -4.52. The molecule has 5 rings (SSSR count). The first-order valence-electron chi connectivity index (χ1n) is 14.4. The van der Waals surface area contributed by atoms with E-state index in [1.165, 1.54) is 36.0 Å². The summed E-state index contributed by atoms with van der Waals surface area (Å²) in [6.45, 7) is 5.05. The summed E-state index contributed by atoms with van der Waals surface area (Å²) in [4.78, 5) is 43.8. The Morgan fingerprint density at radius 2 is 1.83 bits per heavy atom. The maximum Gasteiger partial charge on any atom is 0.416 e. The first-order chi connectivity index (χ1) is 22.4. The number of carbonyl (C=O) groups excluding carboxylic acids is 2. The van der Waals surface area contributed by atoms with E-state index in [4.69, 9.17) is 18.6 Å². The van der Waals surface area contributed by atoms with Crippen LogP contribution in [0.25, 0.3) is 17.4 Å². The molecular formula is C33H29F3N2O8S. The predicted octanol–water partition coefficient (Wildman–Crippen LogP) is 5.03. The van der Waals surface area contributed by atoms with Crippen molar-refractivity contribution in [1.82, 2.24) is 4.57 Å². The number of rotatable bonds is 10. The number of thiazole rings is 1. The maximum atomic E-state index is 14.0. The van der Waals surface area contributed by atoms with E-state index < -0.39 is 35.3 Å². The molecule has 4 aromatic rings. The van der Waals surface area contributed by atoms with E-state index in [1.807, 2.05) is 0 Å². The Kier molecular flexibility index (Phi) is 9.70. The van der Waals surface area contributed by atoms with Crippen LogP contribution in [0, 0.1) is 0 Å². The van der Waals surface area contributed by atoms with Crippen LogP contribution < -0.4 is 24.4 Å². The molecule has 0 bridgehead atoms. The zero-order chi connectivity index (χ0) is 33.9. The first kappa shape index (κ1) is 33.3. The SMILES string of the molecule is CCOC(=O)C1=C(C)N=c2s/c(=C/c3ccc(-c4cccc(C(F)(F)F)c4)o3)c(=O)n2[C@@H]1c1ccc(OCC(=O)OC)c(OCC)c1. The van der Waals surface area contributed by atoms with E-state index in [2.05, 4.69) is 9.73 Å². The molecule has 10 nitrogen and oxygen atoms in total. The van der Waals surface area contributed by atoms with Gasteiger partial charge in [-0.3, -0.25) is 9.36 Å². The summed E-state index contributed by atoms with van der Waals surface area (Å²) < 4.78 is 68.5. The molecule has 0 N–H and O–H groups in total. The van der Waals surface area contributed by atoms with Crippen molar-refractivity contribution in [3.05, 3.63) is 102 Å². The van der Waals surface area contributed by atoms with Gasteiger partial charge in [-0.1, -0.05) is 29.5 Å². The number of fused-ring (bicyclic) bond motifs is 1. The van der Waals surface area contributed by atoms with Gasteiger partial charge in [0.25, 0.3) is 5.56 Å². The lowest BCUT2D eigenvalue weighted by Gasteiger charge is -2.25. The molecule has 1 atom stereocenters. The van der Waals surface area contributed by atoms with E-state index in [-0.39, 0.29) is 58.5 Å². The number of hydrogen-bond donors (Lipinski definition) is 0. The number of ether oxygens (including phenoxy) is 4. The number of carbonyl (C=O) groups is 2. The van der Waals surface area contributed by atoms with E-state index in [1.54, 1.807) is 45.0 Å². The summed E-state index contributed by atoms with van der Waals surface area (Å²) in [6, 6.07) is 11.6. The number of methoxy groups -OCH3 is 1. The molecule has 246 valence electrons. The summed E-state index contributed by atoms with van der Waals surface area (Å²) in [7, 11) is 1.24. The van der Waals surface area contributed by atoms with Gasteiger partial charge in [0.2, 0.25) is 0 Å². The molecule has 0 amide bonds. The van der Waals surface area contributed by atoms with E-state index in [9.17, 15) is 27.6 Å². The number of furan rings is 1. The number of halogens is 3. The third kappa shape index (κ3) is 7.02. The standard InChI is InChI=1S/C33H29F3N2O8S/c1-5-43-25-15-20(10-12-24(25)45-17-27(39)42-4)29-28(31(41)44-6-2)18(3)37-32-38(29)30(40)26(47-32)16-22-11-13-23(46-22)19-8-7-9-21(14-19)33(34,35)36/h7-16,29H,5-6,17H2,1-4H3/b26-16+/t29-/m1/s1. The highest BCUT2D eigenvalue weighted by Crippen LogP contribution is 2.37. The number of allylic oxidation sites excluding steroid dienone is 1. The summed E-state index contributed by atoms with van der Waals surface area (Å²) in [5, 5.41) is 0. The number of esters is 2. The van der Waals surface area contributed by atoms with Gasteiger partial charge in [-0.2, -0.15) is 13.2 Å². The molecular weight excluding hydrogens is 641 g/mol. The maximum absolute atomic E-state index is 14.0. The van der Waals surface area contributed by atoms with Crippen molar-refractivity contribution < 1.29 is 46.1 Å². The second-order valence-corrected chi connectivity index (χ2v) is 11.1. The highest BCUT2D eigenvalue weighted by molar-refractivity contribution is 7.07. The Morgan fingerprint density at radius 1 is 1.04 bits per heavy atom. The van der Waals surface area contributed by atoms with Crippen molar-refractivity contribution in [2.75, 3.05) is 26.9 Å². The van der Waals surface area contributed by atoms with Crippen LogP contribution in [0.15, 0.2) is 80.1 Å². The normalized spacial score (nSPS) is 14.8. The quantitative estimate of drug-likeness (QED) is 0.216. The number of aromatic nitrogens is 1. The zero-order valence-electron chi connectivity index (χ0n) is 25.7. The molecule has 1 aliphatic rings. The van der Waals surface area contributed by atoms with Crippen molar-refractivity contribution in [3.8, 4) is 22.8 Å². The molecule has 1 aliphatic heterocycles. The largest absolute Gasteiger partial charge is 0.490 e. The van der Waals surface area contributed by atoms with Gasteiger partial charge >= 0.3 is 18.1 Å². The van der Waals surface area contributed by atoms with Crippen LogP contribution in [0.3, 0.4) is 0 Å². The van der Waals surface area contributed by atoms with Crippen molar-refractivity contribution >= 4 is 29.4 Å². The van der Waals surface area contributed by atoms with Gasteiger partial charge in [0, 0.05) is 11.6 Å². The third-order valence-corrected chi connectivity index (χ3v) is 8.03. The molecule has 2 aromatic heterocycles. The Hall–Kier alpha value is -5.11. The third-order valence-electron chi connectivity index (χ3n) is 7.05. The zero-order valence-corrected chi connectivity index (χ0v) is 26.5. The molecule has 2 aromatic carbocycles. The number of benzene rings is 2. The van der Waals surface area contributed by atoms with Crippen LogP contribution in [-0.4, -0.2) is 43.4 Å². The van der Waals surface area contributed by atoms with Crippen LogP contribution in [0.5, 0.6) is 11.5 Å².